The lowest BCUT2D eigenvalue weighted by molar-refractivity contribution is -0.385. The van der Waals surface area contributed by atoms with Crippen LogP contribution in [0.1, 0.15) is 16.5 Å². The first kappa shape index (κ1) is 18.2. The van der Waals surface area contributed by atoms with E-state index in [0.717, 1.165) is 5.75 Å². The van der Waals surface area contributed by atoms with Gasteiger partial charge in [0.15, 0.2) is 6.61 Å². The van der Waals surface area contributed by atoms with Crippen LogP contribution in [0.25, 0.3) is 0 Å². The van der Waals surface area contributed by atoms with E-state index in [9.17, 15) is 19.3 Å². The molecule has 1 heterocycles. The summed E-state index contributed by atoms with van der Waals surface area (Å²) in [6.45, 7) is 1.92. The van der Waals surface area contributed by atoms with Crippen molar-refractivity contribution in [3.05, 3.63) is 69.5 Å². The summed E-state index contributed by atoms with van der Waals surface area (Å²) < 4.78 is 19.5. The zero-order valence-corrected chi connectivity index (χ0v) is 14.9. The van der Waals surface area contributed by atoms with Gasteiger partial charge in [0.1, 0.15) is 16.9 Å². The number of thioether (sulfide) groups is 1. The van der Waals surface area contributed by atoms with Gasteiger partial charge in [0.05, 0.1) is 4.92 Å². The van der Waals surface area contributed by atoms with Crippen LogP contribution in [0.5, 0.6) is 5.75 Å². The smallest absolute Gasteiger partial charge is 0.272 e. The molecule has 0 N–H and O–H groups in total. The minimum absolute atomic E-state index is 0.000707. The van der Waals surface area contributed by atoms with E-state index in [-0.39, 0.29) is 29.4 Å². The van der Waals surface area contributed by atoms with Crippen molar-refractivity contribution < 1.29 is 18.8 Å². The molecule has 0 radical (unpaired) electrons. The Kier molecular flexibility index (Phi) is 5.41. The van der Waals surface area contributed by atoms with Crippen LogP contribution in [0, 0.1) is 22.9 Å². The lowest BCUT2D eigenvalue weighted by Gasteiger charge is -2.24. The maximum atomic E-state index is 14.0. The number of nitro benzene ring substituents is 1. The summed E-state index contributed by atoms with van der Waals surface area (Å²) >= 11 is 1.51. The summed E-state index contributed by atoms with van der Waals surface area (Å²) in [7, 11) is 0. The SMILES string of the molecule is Cc1cc(OCC(=O)N2CCS[C@@H]2c2ccccc2F)ccc1[N+](=O)[O-]. The maximum absolute atomic E-state index is 14.0. The number of carbonyl (C=O) groups excluding carboxylic acids is 1. The lowest BCUT2D eigenvalue weighted by Crippen LogP contribution is -2.34. The van der Waals surface area contributed by atoms with E-state index in [1.807, 2.05) is 0 Å². The van der Waals surface area contributed by atoms with Crippen LogP contribution in [0.15, 0.2) is 42.5 Å². The van der Waals surface area contributed by atoms with Gasteiger partial charge in [0, 0.05) is 29.5 Å². The zero-order chi connectivity index (χ0) is 18.7. The number of ether oxygens (including phenoxy) is 1. The van der Waals surface area contributed by atoms with Crippen LogP contribution < -0.4 is 4.74 Å². The van der Waals surface area contributed by atoms with Gasteiger partial charge in [-0.3, -0.25) is 14.9 Å². The third kappa shape index (κ3) is 3.80. The third-order valence-corrected chi connectivity index (χ3v) is 5.35. The first-order chi connectivity index (χ1) is 12.5. The summed E-state index contributed by atoms with van der Waals surface area (Å²) in [6, 6.07) is 10.8. The van der Waals surface area contributed by atoms with Gasteiger partial charge in [-0.25, -0.2) is 4.39 Å². The molecule has 1 atom stereocenters. The van der Waals surface area contributed by atoms with Crippen LogP contribution in [-0.4, -0.2) is 34.6 Å². The molecular weight excluding hydrogens is 359 g/mol. The molecule has 8 heteroatoms. The van der Waals surface area contributed by atoms with Gasteiger partial charge < -0.3 is 9.64 Å². The van der Waals surface area contributed by atoms with E-state index in [2.05, 4.69) is 0 Å². The number of nitrogens with zero attached hydrogens (tertiary/aromatic N) is 2. The molecule has 1 saturated heterocycles. The third-order valence-electron chi connectivity index (χ3n) is 4.11. The molecule has 2 aromatic carbocycles. The number of rotatable bonds is 5. The number of amides is 1. The summed E-state index contributed by atoms with van der Waals surface area (Å²) in [5.41, 5.74) is 0.940. The topological polar surface area (TPSA) is 72.7 Å². The largest absolute Gasteiger partial charge is 0.484 e. The van der Waals surface area contributed by atoms with Gasteiger partial charge in [-0.2, -0.15) is 0 Å². The number of hydrogen-bond donors (Lipinski definition) is 0. The number of carbonyl (C=O) groups is 1. The average Bonchev–Trinajstić information content (AvgIpc) is 3.09. The van der Waals surface area contributed by atoms with Crippen LogP contribution in [0.2, 0.25) is 0 Å². The van der Waals surface area contributed by atoms with Gasteiger partial charge in [0.25, 0.3) is 11.6 Å². The zero-order valence-electron chi connectivity index (χ0n) is 14.1. The Morgan fingerprint density at radius 3 is 2.85 bits per heavy atom. The van der Waals surface area contributed by atoms with Crippen LogP contribution >= 0.6 is 11.8 Å². The number of benzene rings is 2. The molecule has 0 saturated carbocycles. The van der Waals surface area contributed by atoms with E-state index >= 15 is 0 Å². The molecular formula is C18H17FN2O4S. The van der Waals surface area contributed by atoms with Crippen molar-refractivity contribution in [2.45, 2.75) is 12.3 Å². The molecule has 2 aromatic rings. The Balaban J connectivity index is 1.67. The van der Waals surface area contributed by atoms with E-state index < -0.39 is 4.92 Å². The van der Waals surface area contributed by atoms with E-state index in [1.54, 1.807) is 30.0 Å². The number of nitro groups is 1. The summed E-state index contributed by atoms with van der Waals surface area (Å²) in [5, 5.41) is 10.5. The van der Waals surface area contributed by atoms with Gasteiger partial charge in [-0.1, -0.05) is 18.2 Å². The molecule has 0 bridgehead atoms. The Hall–Kier alpha value is -2.61. The molecule has 1 amide bonds. The Labute approximate surface area is 154 Å². The van der Waals surface area contributed by atoms with Crippen molar-refractivity contribution in [3.63, 3.8) is 0 Å². The fraction of sp³-hybridized carbons (Fsp3) is 0.278. The highest BCUT2D eigenvalue weighted by atomic mass is 32.2. The fourth-order valence-electron chi connectivity index (χ4n) is 2.81. The van der Waals surface area contributed by atoms with Crippen LogP contribution in [0.3, 0.4) is 0 Å². The molecule has 0 aromatic heterocycles. The van der Waals surface area contributed by atoms with E-state index in [0.29, 0.717) is 23.4 Å². The van der Waals surface area contributed by atoms with Crippen molar-refractivity contribution in [1.82, 2.24) is 4.90 Å². The normalized spacial score (nSPS) is 16.5. The van der Waals surface area contributed by atoms with E-state index in [4.69, 9.17) is 4.74 Å². The molecule has 1 fully saturated rings. The Bertz CT molecular complexity index is 846. The monoisotopic (exact) mass is 376 g/mol. The van der Waals surface area contributed by atoms with Crippen molar-refractivity contribution in [2.24, 2.45) is 0 Å². The highest BCUT2D eigenvalue weighted by molar-refractivity contribution is 7.99. The summed E-state index contributed by atoms with van der Waals surface area (Å²) in [5.74, 6) is 0.521. The first-order valence-corrected chi connectivity index (χ1v) is 9.05. The molecule has 1 aliphatic heterocycles. The molecule has 3 rings (SSSR count). The number of halogens is 1. The summed E-state index contributed by atoms with van der Waals surface area (Å²) in [6.07, 6.45) is 0. The van der Waals surface area contributed by atoms with E-state index in [1.165, 1.54) is 36.0 Å². The molecule has 0 spiro atoms. The standard InChI is InChI=1S/C18H17FN2O4S/c1-12-10-13(6-7-16(12)21(23)24)25-11-17(22)20-8-9-26-18(20)14-4-2-3-5-15(14)19/h2-7,10,18H,8-9,11H2,1H3/t18-/m1/s1. The summed E-state index contributed by atoms with van der Waals surface area (Å²) in [4.78, 5) is 24.5. The predicted molar refractivity (Wildman–Crippen MR) is 96.6 cm³/mol. The first-order valence-electron chi connectivity index (χ1n) is 8.00. The highest BCUT2D eigenvalue weighted by Crippen LogP contribution is 2.39. The molecule has 26 heavy (non-hydrogen) atoms. The molecule has 0 aliphatic carbocycles. The maximum Gasteiger partial charge on any atom is 0.272 e. The van der Waals surface area contributed by atoms with Gasteiger partial charge in [-0.05, 0) is 25.1 Å². The average molecular weight is 376 g/mol. The van der Waals surface area contributed by atoms with Gasteiger partial charge in [-0.15, -0.1) is 11.8 Å². The van der Waals surface area contributed by atoms with Gasteiger partial charge >= 0.3 is 0 Å². The quantitative estimate of drug-likeness (QED) is 0.588. The van der Waals surface area contributed by atoms with Crippen LogP contribution in [-0.2, 0) is 4.79 Å². The molecule has 136 valence electrons. The highest BCUT2D eigenvalue weighted by Gasteiger charge is 2.32. The van der Waals surface area contributed by atoms with Gasteiger partial charge in [0.2, 0.25) is 0 Å². The minimum atomic E-state index is -0.468. The number of hydrogen-bond acceptors (Lipinski definition) is 5. The Morgan fingerprint density at radius 2 is 2.15 bits per heavy atom. The molecule has 0 unspecified atom stereocenters. The predicted octanol–water partition coefficient (Wildman–Crippen LogP) is 3.70. The second-order valence-corrected chi connectivity index (χ2v) is 7.01. The van der Waals surface area contributed by atoms with Crippen molar-refractivity contribution in [3.8, 4) is 5.75 Å². The van der Waals surface area contributed by atoms with Crippen LogP contribution in [0.4, 0.5) is 10.1 Å². The van der Waals surface area contributed by atoms with Crippen molar-refractivity contribution in [1.29, 1.82) is 0 Å². The van der Waals surface area contributed by atoms with Crippen molar-refractivity contribution in [2.75, 3.05) is 18.9 Å². The van der Waals surface area contributed by atoms with Crippen molar-refractivity contribution >= 4 is 23.4 Å². The fourth-order valence-corrected chi connectivity index (χ4v) is 4.11. The second-order valence-electron chi connectivity index (χ2n) is 5.83. The number of aryl methyl sites for hydroxylation is 1. The lowest BCUT2D eigenvalue weighted by atomic mass is 10.2. The molecule has 6 nitrogen and oxygen atoms in total. The Morgan fingerprint density at radius 1 is 1.38 bits per heavy atom. The second kappa shape index (κ2) is 7.74. The minimum Gasteiger partial charge on any atom is -0.484 e. The molecule has 1 aliphatic rings.